The molecule has 0 aliphatic carbocycles. The van der Waals surface area contributed by atoms with Gasteiger partial charge in [-0.3, -0.25) is 9.59 Å². The maximum Gasteiger partial charge on any atom is 0.287 e. The Balaban J connectivity index is 2.35. The van der Waals surface area contributed by atoms with Crippen LogP contribution in [0.25, 0.3) is 0 Å². The lowest BCUT2D eigenvalue weighted by Crippen LogP contribution is -2.39. The van der Waals surface area contributed by atoms with E-state index in [0.29, 0.717) is 0 Å². The first-order valence-corrected chi connectivity index (χ1v) is 4.81. The second-order valence-corrected chi connectivity index (χ2v) is 3.20. The third kappa shape index (κ3) is 3.39. The summed E-state index contributed by atoms with van der Waals surface area (Å²) >= 11 is 0. The lowest BCUT2D eigenvalue weighted by molar-refractivity contribution is -0.129. The van der Waals surface area contributed by atoms with Crippen LogP contribution in [-0.2, 0) is 4.79 Å². The van der Waals surface area contributed by atoms with Crippen molar-refractivity contribution in [2.45, 2.75) is 0 Å². The van der Waals surface area contributed by atoms with Crippen LogP contribution in [0.15, 0.2) is 22.8 Å². The van der Waals surface area contributed by atoms with Crippen molar-refractivity contribution in [2.75, 3.05) is 26.7 Å². The Morgan fingerprint density at radius 1 is 1.56 bits per heavy atom. The fourth-order valence-corrected chi connectivity index (χ4v) is 1.06. The van der Waals surface area contributed by atoms with Gasteiger partial charge in [0.1, 0.15) is 0 Å². The van der Waals surface area contributed by atoms with Gasteiger partial charge >= 0.3 is 0 Å². The van der Waals surface area contributed by atoms with Gasteiger partial charge in [-0.25, -0.2) is 0 Å². The molecule has 16 heavy (non-hydrogen) atoms. The average Bonchev–Trinajstić information content (AvgIpc) is 2.79. The Kier molecular flexibility index (Phi) is 4.53. The molecule has 2 N–H and O–H groups in total. The number of carbonyl (C=O) groups excluding carboxylic acids is 2. The average molecular weight is 226 g/mol. The van der Waals surface area contributed by atoms with Gasteiger partial charge in [-0.1, -0.05) is 0 Å². The van der Waals surface area contributed by atoms with Crippen molar-refractivity contribution < 1.29 is 19.1 Å². The zero-order valence-electron chi connectivity index (χ0n) is 8.97. The topological polar surface area (TPSA) is 82.8 Å². The van der Waals surface area contributed by atoms with Crippen LogP contribution in [0.2, 0.25) is 0 Å². The first kappa shape index (κ1) is 12.3. The van der Waals surface area contributed by atoms with E-state index in [1.165, 1.54) is 17.2 Å². The Hall–Kier alpha value is -1.82. The molecule has 0 aliphatic rings. The number of nitrogens with zero attached hydrogens (tertiary/aromatic N) is 1. The van der Waals surface area contributed by atoms with Crippen LogP contribution in [0.1, 0.15) is 10.6 Å². The summed E-state index contributed by atoms with van der Waals surface area (Å²) in [6.45, 7) is 0.0276. The molecule has 1 aromatic heterocycles. The van der Waals surface area contributed by atoms with Crippen molar-refractivity contribution in [3.8, 4) is 0 Å². The van der Waals surface area contributed by atoms with Crippen LogP contribution in [0.3, 0.4) is 0 Å². The molecule has 1 heterocycles. The predicted octanol–water partition coefficient (Wildman–Crippen LogP) is -0.540. The lowest BCUT2D eigenvalue weighted by atomic mass is 10.4. The van der Waals surface area contributed by atoms with Crippen molar-refractivity contribution in [1.29, 1.82) is 0 Å². The van der Waals surface area contributed by atoms with Crippen LogP contribution in [0.4, 0.5) is 0 Å². The summed E-state index contributed by atoms with van der Waals surface area (Å²) in [5.74, 6) is -0.540. The highest BCUT2D eigenvalue weighted by atomic mass is 16.3. The third-order valence-corrected chi connectivity index (χ3v) is 2.01. The molecule has 0 bridgehead atoms. The van der Waals surface area contributed by atoms with Crippen molar-refractivity contribution in [2.24, 2.45) is 0 Å². The molecule has 0 saturated heterocycles. The Morgan fingerprint density at radius 2 is 2.31 bits per heavy atom. The molecule has 6 nitrogen and oxygen atoms in total. The van der Waals surface area contributed by atoms with E-state index in [9.17, 15) is 9.59 Å². The normalized spacial score (nSPS) is 9.88. The number of carbonyl (C=O) groups is 2. The van der Waals surface area contributed by atoms with Gasteiger partial charge < -0.3 is 19.7 Å². The summed E-state index contributed by atoms with van der Waals surface area (Å²) < 4.78 is 4.86. The SMILES string of the molecule is CN(CCO)C(=O)CNC(=O)c1ccco1. The van der Waals surface area contributed by atoms with Gasteiger partial charge in [-0.05, 0) is 12.1 Å². The van der Waals surface area contributed by atoms with E-state index < -0.39 is 5.91 Å². The minimum Gasteiger partial charge on any atom is -0.459 e. The molecule has 1 aromatic rings. The van der Waals surface area contributed by atoms with Crippen molar-refractivity contribution in [3.05, 3.63) is 24.2 Å². The lowest BCUT2D eigenvalue weighted by Gasteiger charge is -2.15. The molecule has 0 fully saturated rings. The van der Waals surface area contributed by atoms with E-state index >= 15 is 0 Å². The van der Waals surface area contributed by atoms with E-state index in [1.54, 1.807) is 13.1 Å². The van der Waals surface area contributed by atoms with E-state index in [-0.39, 0.29) is 31.4 Å². The summed E-state index contributed by atoms with van der Waals surface area (Å²) in [5, 5.41) is 11.0. The van der Waals surface area contributed by atoms with E-state index in [1.807, 2.05) is 0 Å². The molecule has 0 aliphatic heterocycles. The second kappa shape index (κ2) is 5.92. The van der Waals surface area contributed by atoms with E-state index in [4.69, 9.17) is 9.52 Å². The number of likely N-dealkylation sites (N-methyl/N-ethyl adjacent to an activating group) is 1. The number of furan rings is 1. The number of hydrogen-bond acceptors (Lipinski definition) is 4. The minimum atomic E-state index is -0.434. The fourth-order valence-electron chi connectivity index (χ4n) is 1.06. The number of amides is 2. The van der Waals surface area contributed by atoms with Gasteiger partial charge in [0.25, 0.3) is 5.91 Å². The van der Waals surface area contributed by atoms with Gasteiger partial charge in [-0.15, -0.1) is 0 Å². The zero-order chi connectivity index (χ0) is 12.0. The molecule has 0 radical (unpaired) electrons. The monoisotopic (exact) mass is 226 g/mol. The molecule has 0 aromatic carbocycles. The highest BCUT2D eigenvalue weighted by Crippen LogP contribution is 1.98. The molecule has 6 heteroatoms. The van der Waals surface area contributed by atoms with E-state index in [2.05, 4.69) is 5.32 Å². The van der Waals surface area contributed by atoms with Crippen molar-refractivity contribution in [3.63, 3.8) is 0 Å². The Labute approximate surface area is 92.8 Å². The van der Waals surface area contributed by atoms with Gasteiger partial charge in [0.05, 0.1) is 19.4 Å². The van der Waals surface area contributed by atoms with Crippen LogP contribution in [0, 0.1) is 0 Å². The summed E-state index contributed by atoms with van der Waals surface area (Å²) in [6.07, 6.45) is 1.38. The first-order chi connectivity index (χ1) is 7.65. The third-order valence-electron chi connectivity index (χ3n) is 2.01. The number of hydrogen-bond donors (Lipinski definition) is 2. The molecule has 0 saturated carbocycles. The van der Waals surface area contributed by atoms with Gasteiger partial charge in [0.15, 0.2) is 5.76 Å². The smallest absolute Gasteiger partial charge is 0.287 e. The standard InChI is InChI=1S/C10H14N2O4/c1-12(4-5-13)9(14)7-11-10(15)8-3-2-6-16-8/h2-3,6,13H,4-5,7H2,1H3,(H,11,15). The van der Waals surface area contributed by atoms with Crippen molar-refractivity contribution in [1.82, 2.24) is 10.2 Å². The number of aliphatic hydroxyl groups is 1. The summed E-state index contributed by atoms with van der Waals surface area (Å²) in [6, 6.07) is 3.10. The maximum atomic E-state index is 11.4. The second-order valence-electron chi connectivity index (χ2n) is 3.20. The van der Waals surface area contributed by atoms with Crippen molar-refractivity contribution >= 4 is 11.8 Å². The summed E-state index contributed by atoms with van der Waals surface area (Å²) in [4.78, 5) is 24.1. The quantitative estimate of drug-likeness (QED) is 0.706. The molecule has 2 amide bonds. The van der Waals surface area contributed by atoms with Crippen LogP contribution >= 0.6 is 0 Å². The zero-order valence-corrected chi connectivity index (χ0v) is 8.97. The molecular weight excluding hydrogens is 212 g/mol. The number of nitrogens with one attached hydrogen (secondary N) is 1. The number of rotatable bonds is 5. The highest BCUT2D eigenvalue weighted by Gasteiger charge is 2.12. The van der Waals surface area contributed by atoms with Crippen LogP contribution < -0.4 is 5.32 Å². The van der Waals surface area contributed by atoms with Crippen LogP contribution in [0.5, 0.6) is 0 Å². The molecule has 1 rings (SSSR count). The van der Waals surface area contributed by atoms with Gasteiger partial charge in [-0.2, -0.15) is 0 Å². The van der Waals surface area contributed by atoms with Gasteiger partial charge in [0.2, 0.25) is 5.91 Å². The van der Waals surface area contributed by atoms with Gasteiger partial charge in [0, 0.05) is 13.6 Å². The van der Waals surface area contributed by atoms with E-state index in [0.717, 1.165) is 0 Å². The molecule has 88 valence electrons. The predicted molar refractivity (Wildman–Crippen MR) is 55.8 cm³/mol. The summed E-state index contributed by atoms with van der Waals surface area (Å²) in [7, 11) is 1.55. The fraction of sp³-hybridized carbons (Fsp3) is 0.400. The maximum absolute atomic E-state index is 11.4. The van der Waals surface area contributed by atoms with Crippen LogP contribution in [-0.4, -0.2) is 48.6 Å². The molecule has 0 unspecified atom stereocenters. The highest BCUT2D eigenvalue weighted by molar-refractivity contribution is 5.94. The first-order valence-electron chi connectivity index (χ1n) is 4.81. The Morgan fingerprint density at radius 3 is 2.88 bits per heavy atom. The molecule has 0 atom stereocenters. The largest absolute Gasteiger partial charge is 0.459 e. The Bertz CT molecular complexity index is 348. The molecule has 0 spiro atoms. The number of aliphatic hydroxyl groups excluding tert-OH is 1. The minimum absolute atomic E-state index is 0.103. The molecular formula is C10H14N2O4. The summed E-state index contributed by atoms with van der Waals surface area (Å²) in [5.41, 5.74) is 0.